The Balaban J connectivity index is 4.17. The first-order valence-corrected chi connectivity index (χ1v) is 13.5. The van der Waals surface area contributed by atoms with E-state index in [1.165, 1.54) is 70.6 Å². The first kappa shape index (κ1) is 32.1. The average molecular weight is 485 g/mol. The fraction of sp³-hybridized carbons (Fsp3) is 0.815. The monoisotopic (exact) mass is 484 g/mol. The quantitative estimate of drug-likeness (QED) is 0.0800. The number of nitrogens with zero attached hydrogens (tertiary/aromatic N) is 1. The zero-order chi connectivity index (χ0) is 25.5. The Hall–Kier alpha value is -1.89. The van der Waals surface area contributed by atoms with E-state index in [1.807, 2.05) is 0 Å². The summed E-state index contributed by atoms with van der Waals surface area (Å²) in [5, 5.41) is 27.3. The molecule has 0 aliphatic rings. The molecule has 0 saturated heterocycles. The largest absolute Gasteiger partial charge is 0.481 e. The molecule has 7 heteroatoms. The van der Waals surface area contributed by atoms with Gasteiger partial charge in [0.2, 0.25) is 0 Å². The van der Waals surface area contributed by atoms with Gasteiger partial charge in [0.1, 0.15) is 0 Å². The summed E-state index contributed by atoms with van der Waals surface area (Å²) in [6.07, 6.45) is 21.5. The summed E-state index contributed by atoms with van der Waals surface area (Å²) in [5.74, 6) is -2.85. The number of hydrogen-bond acceptors (Lipinski definition) is 3. The van der Waals surface area contributed by atoms with Crippen molar-refractivity contribution in [3.63, 3.8) is 0 Å². The molecule has 0 fully saturated rings. The van der Waals surface area contributed by atoms with Gasteiger partial charge in [0.25, 0.3) is 0 Å². The molecule has 0 unspecified atom stereocenters. The Labute approximate surface area is 206 Å². The van der Waals surface area contributed by atoms with Crippen molar-refractivity contribution in [2.45, 2.75) is 116 Å². The van der Waals surface area contributed by atoms with Crippen molar-refractivity contribution in [2.24, 2.45) is 0 Å². The van der Waals surface area contributed by atoms with Crippen LogP contribution < -0.4 is 0 Å². The van der Waals surface area contributed by atoms with E-state index in [4.69, 9.17) is 15.3 Å². The van der Waals surface area contributed by atoms with Crippen LogP contribution in [0.25, 0.3) is 0 Å². The maximum Gasteiger partial charge on any atom is 0.309 e. The van der Waals surface area contributed by atoms with Gasteiger partial charge >= 0.3 is 17.9 Å². The highest BCUT2D eigenvalue weighted by atomic mass is 16.4. The second-order valence-corrected chi connectivity index (χ2v) is 9.61. The van der Waals surface area contributed by atoms with E-state index >= 15 is 0 Å². The van der Waals surface area contributed by atoms with Crippen molar-refractivity contribution in [3.8, 4) is 0 Å². The number of quaternary nitrogens is 1. The van der Waals surface area contributed by atoms with Crippen molar-refractivity contribution >= 4 is 17.9 Å². The predicted octanol–water partition coefficient (Wildman–Crippen LogP) is 6.26. The van der Waals surface area contributed by atoms with E-state index in [-0.39, 0.29) is 43.4 Å². The lowest BCUT2D eigenvalue weighted by molar-refractivity contribution is -0.926. The van der Waals surface area contributed by atoms with Crippen LogP contribution in [0.1, 0.15) is 116 Å². The van der Waals surface area contributed by atoms with Gasteiger partial charge in [-0.2, -0.15) is 0 Å². The highest BCUT2D eigenvalue weighted by Crippen LogP contribution is 2.15. The number of rotatable bonds is 25. The molecule has 0 atom stereocenters. The van der Waals surface area contributed by atoms with Gasteiger partial charge < -0.3 is 19.8 Å². The molecule has 0 heterocycles. The molecule has 0 aromatic carbocycles. The smallest absolute Gasteiger partial charge is 0.309 e. The third-order valence-corrected chi connectivity index (χ3v) is 6.56. The normalized spacial score (nSPS) is 11.8. The van der Waals surface area contributed by atoms with E-state index < -0.39 is 17.9 Å². The Bertz CT molecular complexity index is 530. The van der Waals surface area contributed by atoms with Crippen molar-refractivity contribution in [3.05, 3.63) is 12.2 Å². The molecule has 0 rings (SSSR count). The lowest BCUT2D eigenvalue weighted by atomic mass is 10.0. The molecule has 0 aliphatic carbocycles. The van der Waals surface area contributed by atoms with Crippen molar-refractivity contribution in [1.29, 1.82) is 0 Å². The minimum Gasteiger partial charge on any atom is -0.481 e. The molecule has 0 spiro atoms. The minimum absolute atomic E-state index is 0.0954. The maximum absolute atomic E-state index is 11.1. The SMILES string of the molecule is CCCCCCCCCCCCCC/C=C/CC[N+](CCC(=O)O)(CCC(=O)O)CCC(=O)O. The van der Waals surface area contributed by atoms with Crippen LogP contribution in [0.4, 0.5) is 0 Å². The summed E-state index contributed by atoms with van der Waals surface area (Å²) in [4.78, 5) is 33.3. The van der Waals surface area contributed by atoms with Crippen LogP contribution in [0.2, 0.25) is 0 Å². The Morgan fingerprint density at radius 1 is 0.529 bits per heavy atom. The van der Waals surface area contributed by atoms with Crippen LogP contribution >= 0.6 is 0 Å². The zero-order valence-corrected chi connectivity index (χ0v) is 21.5. The number of carboxylic acid groups (broad SMARTS) is 3. The van der Waals surface area contributed by atoms with Crippen LogP contribution in [0, 0.1) is 0 Å². The molecule has 0 aromatic rings. The molecule has 0 aromatic heterocycles. The lowest BCUT2D eigenvalue weighted by Gasteiger charge is -2.37. The summed E-state index contributed by atoms with van der Waals surface area (Å²) in [5.41, 5.74) is 0. The molecular weight excluding hydrogens is 434 g/mol. The van der Waals surface area contributed by atoms with E-state index in [9.17, 15) is 14.4 Å². The van der Waals surface area contributed by atoms with Crippen LogP contribution in [0.5, 0.6) is 0 Å². The van der Waals surface area contributed by atoms with Gasteiger partial charge in [-0.15, -0.1) is 0 Å². The second kappa shape index (κ2) is 21.6. The second-order valence-electron chi connectivity index (χ2n) is 9.61. The molecule has 0 radical (unpaired) electrons. The molecule has 3 N–H and O–H groups in total. The molecule has 0 aliphatic heterocycles. The highest BCUT2D eigenvalue weighted by molar-refractivity contribution is 5.67. The predicted molar refractivity (Wildman–Crippen MR) is 136 cm³/mol. The Morgan fingerprint density at radius 3 is 1.26 bits per heavy atom. The van der Waals surface area contributed by atoms with E-state index in [2.05, 4.69) is 19.1 Å². The standard InChI is InChI=1S/C27H49NO6/c1-2-3-4-5-6-7-8-9-10-11-12-13-14-15-16-17-21-28(22-18-25(29)30,23-19-26(31)32)24-20-27(33)34/h15-16H,2-14,17-24H2,1H3,(H2-,29,30,31,32,33,34)/p+1/b16-15+. The third kappa shape index (κ3) is 20.7. The van der Waals surface area contributed by atoms with Crippen molar-refractivity contribution < 1.29 is 34.2 Å². The fourth-order valence-corrected chi connectivity index (χ4v) is 4.36. The fourth-order valence-electron chi connectivity index (χ4n) is 4.36. The van der Waals surface area contributed by atoms with Gasteiger partial charge in [-0.25, -0.2) is 0 Å². The highest BCUT2D eigenvalue weighted by Gasteiger charge is 2.29. The molecule has 0 saturated carbocycles. The molecule has 7 nitrogen and oxygen atoms in total. The summed E-state index contributed by atoms with van der Waals surface area (Å²) in [6.45, 7) is 3.57. The van der Waals surface area contributed by atoms with Crippen LogP contribution in [-0.4, -0.2) is 63.9 Å². The summed E-state index contributed by atoms with van der Waals surface area (Å²) < 4.78 is 0.216. The van der Waals surface area contributed by atoms with E-state index in [1.54, 1.807) is 0 Å². The van der Waals surface area contributed by atoms with Gasteiger partial charge in [-0.05, 0) is 12.8 Å². The van der Waals surface area contributed by atoms with Crippen LogP contribution in [-0.2, 0) is 14.4 Å². The summed E-state index contributed by atoms with van der Waals surface area (Å²) in [6, 6.07) is 0. The van der Waals surface area contributed by atoms with Crippen LogP contribution in [0.15, 0.2) is 12.2 Å². The summed E-state index contributed by atoms with van der Waals surface area (Å²) >= 11 is 0. The van der Waals surface area contributed by atoms with E-state index in [0.29, 0.717) is 13.0 Å². The van der Waals surface area contributed by atoms with Gasteiger partial charge in [-0.3, -0.25) is 14.4 Å². The molecule has 0 bridgehead atoms. The van der Waals surface area contributed by atoms with Gasteiger partial charge in [-0.1, -0.05) is 89.7 Å². The van der Waals surface area contributed by atoms with Crippen LogP contribution in [0.3, 0.4) is 0 Å². The lowest BCUT2D eigenvalue weighted by Crippen LogP contribution is -2.52. The number of carbonyl (C=O) groups is 3. The Kier molecular flexibility index (Phi) is 20.4. The first-order chi connectivity index (χ1) is 16.3. The van der Waals surface area contributed by atoms with E-state index in [0.717, 1.165) is 12.8 Å². The Morgan fingerprint density at radius 2 is 0.882 bits per heavy atom. The molecule has 0 amide bonds. The van der Waals surface area contributed by atoms with Gasteiger partial charge in [0, 0.05) is 6.42 Å². The molecule has 198 valence electrons. The average Bonchev–Trinajstić information content (AvgIpc) is 2.79. The van der Waals surface area contributed by atoms with Gasteiger partial charge in [0.15, 0.2) is 0 Å². The molecular formula is C27H50NO6+. The van der Waals surface area contributed by atoms with Crippen molar-refractivity contribution in [1.82, 2.24) is 0 Å². The maximum atomic E-state index is 11.1. The number of unbranched alkanes of at least 4 members (excludes halogenated alkanes) is 12. The number of allylic oxidation sites excluding steroid dienone is 1. The van der Waals surface area contributed by atoms with Crippen molar-refractivity contribution in [2.75, 3.05) is 26.2 Å². The number of carboxylic acids is 3. The summed E-state index contributed by atoms with van der Waals surface area (Å²) in [7, 11) is 0. The minimum atomic E-state index is -0.948. The zero-order valence-electron chi connectivity index (χ0n) is 21.5. The topological polar surface area (TPSA) is 112 Å². The number of hydrogen-bond donors (Lipinski definition) is 3. The third-order valence-electron chi connectivity index (χ3n) is 6.56. The number of aliphatic carboxylic acids is 3. The molecule has 34 heavy (non-hydrogen) atoms. The van der Waals surface area contributed by atoms with Gasteiger partial charge in [0.05, 0.1) is 45.4 Å². The first-order valence-electron chi connectivity index (χ1n) is 13.5.